The van der Waals surface area contributed by atoms with E-state index in [1.807, 2.05) is 6.07 Å². The van der Waals surface area contributed by atoms with Gasteiger partial charge in [-0.2, -0.15) is 0 Å². The lowest BCUT2D eigenvalue weighted by Gasteiger charge is -2.31. The molecule has 5 nitrogen and oxygen atoms in total. The number of rotatable bonds is 1. The van der Waals surface area contributed by atoms with Gasteiger partial charge in [0.1, 0.15) is 5.82 Å². The Balaban J connectivity index is 2.10. The Hall–Kier alpha value is -1.36. The molecule has 0 bridgehead atoms. The van der Waals surface area contributed by atoms with Crippen molar-refractivity contribution in [1.82, 2.24) is 10.2 Å². The second-order valence-corrected chi connectivity index (χ2v) is 3.44. The van der Waals surface area contributed by atoms with E-state index in [4.69, 9.17) is 10.5 Å². The molecule has 0 aromatic carbocycles. The largest absolute Gasteiger partial charge is 0.382 e. The van der Waals surface area contributed by atoms with Crippen LogP contribution in [0, 0.1) is 0 Å². The van der Waals surface area contributed by atoms with Crippen molar-refractivity contribution in [1.29, 1.82) is 0 Å². The number of nitrogens with two attached hydrogens (primary N) is 1. The minimum atomic E-state index is 0.253. The van der Waals surface area contributed by atoms with Crippen molar-refractivity contribution in [3.8, 4) is 0 Å². The molecule has 14 heavy (non-hydrogen) atoms. The summed E-state index contributed by atoms with van der Waals surface area (Å²) in [5.41, 5.74) is 5.47. The summed E-state index contributed by atoms with van der Waals surface area (Å²) in [7, 11) is 0. The number of morpholine rings is 1. The molecule has 76 valence electrons. The molecule has 0 unspecified atom stereocenters. The summed E-state index contributed by atoms with van der Waals surface area (Å²) in [5.74, 6) is 1.32. The maximum Gasteiger partial charge on any atom is 0.151 e. The highest BCUT2D eigenvalue weighted by molar-refractivity contribution is 5.41. The molecule has 1 aliphatic rings. The third-order valence-electron chi connectivity index (χ3n) is 2.24. The quantitative estimate of drug-likeness (QED) is 0.695. The van der Waals surface area contributed by atoms with Crippen LogP contribution in [0.4, 0.5) is 11.6 Å². The van der Waals surface area contributed by atoms with Crippen LogP contribution in [-0.4, -0.2) is 36.0 Å². The van der Waals surface area contributed by atoms with Crippen LogP contribution in [0.25, 0.3) is 0 Å². The molecule has 0 aliphatic carbocycles. The molecule has 1 atom stereocenters. The molecule has 2 rings (SSSR count). The minimum Gasteiger partial charge on any atom is -0.382 e. The van der Waals surface area contributed by atoms with Gasteiger partial charge >= 0.3 is 0 Å². The second kappa shape index (κ2) is 3.79. The number of nitrogens with zero attached hydrogens (tertiary/aromatic N) is 3. The van der Waals surface area contributed by atoms with Crippen molar-refractivity contribution in [2.24, 2.45) is 0 Å². The number of ether oxygens (including phenoxy) is 1. The average molecular weight is 194 g/mol. The van der Waals surface area contributed by atoms with Gasteiger partial charge < -0.3 is 15.4 Å². The van der Waals surface area contributed by atoms with E-state index in [1.54, 1.807) is 6.07 Å². The maximum atomic E-state index is 5.47. The van der Waals surface area contributed by atoms with Gasteiger partial charge in [0, 0.05) is 13.1 Å². The predicted octanol–water partition coefficient (Wildman–Crippen LogP) is 0.284. The molecule has 1 saturated heterocycles. The fourth-order valence-corrected chi connectivity index (χ4v) is 1.53. The molecule has 2 heterocycles. The average Bonchev–Trinajstić information content (AvgIpc) is 2.19. The molecule has 5 heteroatoms. The monoisotopic (exact) mass is 194 g/mol. The van der Waals surface area contributed by atoms with Crippen molar-refractivity contribution in [3.63, 3.8) is 0 Å². The highest BCUT2D eigenvalue weighted by Gasteiger charge is 2.17. The summed E-state index contributed by atoms with van der Waals surface area (Å²) in [6.45, 7) is 4.52. The number of hydrogen-bond donors (Lipinski definition) is 1. The molecule has 0 amide bonds. The minimum absolute atomic E-state index is 0.253. The Labute approximate surface area is 82.9 Å². The van der Waals surface area contributed by atoms with Gasteiger partial charge in [-0.25, -0.2) is 0 Å². The highest BCUT2D eigenvalue weighted by Crippen LogP contribution is 2.14. The number of nitrogen functional groups attached to an aromatic ring is 1. The SMILES string of the molecule is C[C@H]1CN(c2ccc(N)nn2)CCO1. The fraction of sp³-hybridized carbons (Fsp3) is 0.556. The number of aromatic nitrogens is 2. The Kier molecular flexibility index (Phi) is 2.49. The first-order chi connectivity index (χ1) is 6.75. The van der Waals surface area contributed by atoms with E-state index in [1.165, 1.54) is 0 Å². The normalized spacial score (nSPS) is 22.4. The van der Waals surface area contributed by atoms with E-state index in [-0.39, 0.29) is 6.10 Å². The van der Waals surface area contributed by atoms with Crippen LogP contribution in [0.1, 0.15) is 6.92 Å². The topological polar surface area (TPSA) is 64.3 Å². The zero-order valence-corrected chi connectivity index (χ0v) is 8.18. The third kappa shape index (κ3) is 1.93. The molecule has 0 spiro atoms. The van der Waals surface area contributed by atoms with Crippen molar-refractivity contribution in [3.05, 3.63) is 12.1 Å². The Morgan fingerprint density at radius 3 is 3.00 bits per heavy atom. The van der Waals surface area contributed by atoms with Gasteiger partial charge in [-0.1, -0.05) is 0 Å². The molecular formula is C9H14N4O. The molecule has 1 aromatic rings. The second-order valence-electron chi connectivity index (χ2n) is 3.44. The van der Waals surface area contributed by atoms with Gasteiger partial charge in [-0.05, 0) is 19.1 Å². The van der Waals surface area contributed by atoms with Gasteiger partial charge in [-0.15, -0.1) is 10.2 Å². The molecule has 2 N–H and O–H groups in total. The van der Waals surface area contributed by atoms with E-state index in [0.29, 0.717) is 5.82 Å². The van der Waals surface area contributed by atoms with E-state index in [9.17, 15) is 0 Å². The summed E-state index contributed by atoms with van der Waals surface area (Å²) >= 11 is 0. The van der Waals surface area contributed by atoms with E-state index >= 15 is 0 Å². The van der Waals surface area contributed by atoms with Gasteiger partial charge in [-0.3, -0.25) is 0 Å². The van der Waals surface area contributed by atoms with Gasteiger partial charge in [0.15, 0.2) is 5.82 Å². The smallest absolute Gasteiger partial charge is 0.151 e. The Morgan fingerprint density at radius 2 is 2.36 bits per heavy atom. The van der Waals surface area contributed by atoms with Crippen molar-refractivity contribution < 1.29 is 4.74 Å². The van der Waals surface area contributed by atoms with Gasteiger partial charge in [0.2, 0.25) is 0 Å². The number of hydrogen-bond acceptors (Lipinski definition) is 5. The maximum absolute atomic E-state index is 5.47. The van der Waals surface area contributed by atoms with Crippen molar-refractivity contribution in [2.75, 3.05) is 30.3 Å². The van der Waals surface area contributed by atoms with Crippen molar-refractivity contribution in [2.45, 2.75) is 13.0 Å². The first-order valence-electron chi connectivity index (χ1n) is 4.71. The molecular weight excluding hydrogens is 180 g/mol. The zero-order chi connectivity index (χ0) is 9.97. The van der Waals surface area contributed by atoms with Gasteiger partial charge in [0.25, 0.3) is 0 Å². The molecule has 1 fully saturated rings. The third-order valence-corrected chi connectivity index (χ3v) is 2.24. The summed E-state index contributed by atoms with van der Waals surface area (Å²) in [4.78, 5) is 2.15. The lowest BCUT2D eigenvalue weighted by Crippen LogP contribution is -2.41. The molecule has 0 saturated carbocycles. The lowest BCUT2D eigenvalue weighted by atomic mass is 10.3. The molecule has 1 aromatic heterocycles. The summed E-state index contributed by atoms with van der Waals surface area (Å²) in [6, 6.07) is 3.66. The van der Waals surface area contributed by atoms with Crippen LogP contribution >= 0.6 is 0 Å². The molecule has 1 aliphatic heterocycles. The van der Waals surface area contributed by atoms with Crippen LogP contribution in [0.2, 0.25) is 0 Å². The van der Waals surface area contributed by atoms with Crippen molar-refractivity contribution >= 4 is 11.6 Å². The van der Waals surface area contributed by atoms with Gasteiger partial charge in [0.05, 0.1) is 12.7 Å². The lowest BCUT2D eigenvalue weighted by molar-refractivity contribution is 0.0529. The van der Waals surface area contributed by atoms with E-state index in [0.717, 1.165) is 25.5 Å². The van der Waals surface area contributed by atoms with Crippen LogP contribution in [0.5, 0.6) is 0 Å². The Bertz CT molecular complexity index is 300. The Morgan fingerprint density at radius 1 is 1.50 bits per heavy atom. The standard InChI is InChI=1S/C9H14N4O/c1-7-6-13(4-5-14-7)9-3-2-8(10)11-12-9/h2-3,7H,4-6H2,1H3,(H2,10,11)/t7-/m0/s1. The fourth-order valence-electron chi connectivity index (χ4n) is 1.53. The van der Waals surface area contributed by atoms with E-state index < -0.39 is 0 Å². The zero-order valence-electron chi connectivity index (χ0n) is 8.18. The van der Waals surface area contributed by atoms with Crippen LogP contribution < -0.4 is 10.6 Å². The summed E-state index contributed by atoms with van der Waals surface area (Å²) < 4.78 is 5.44. The summed E-state index contributed by atoms with van der Waals surface area (Å²) in [5, 5.41) is 7.86. The van der Waals surface area contributed by atoms with Crippen LogP contribution in [0.3, 0.4) is 0 Å². The number of anilines is 2. The van der Waals surface area contributed by atoms with E-state index in [2.05, 4.69) is 22.0 Å². The first-order valence-corrected chi connectivity index (χ1v) is 4.71. The highest BCUT2D eigenvalue weighted by atomic mass is 16.5. The first kappa shape index (κ1) is 9.21. The molecule has 0 radical (unpaired) electrons. The van der Waals surface area contributed by atoms with Crippen LogP contribution in [-0.2, 0) is 4.74 Å². The predicted molar refractivity (Wildman–Crippen MR) is 54.1 cm³/mol. The van der Waals surface area contributed by atoms with Crippen LogP contribution in [0.15, 0.2) is 12.1 Å². The summed E-state index contributed by atoms with van der Waals surface area (Å²) in [6.07, 6.45) is 0.253.